The Morgan fingerprint density at radius 1 is 0.900 bits per heavy atom. The topological polar surface area (TPSA) is 81.8 Å². The molecule has 40 heavy (non-hydrogen) atoms. The summed E-state index contributed by atoms with van der Waals surface area (Å²) < 4.78 is 0. The molecule has 0 aliphatic carbocycles. The van der Waals surface area contributed by atoms with E-state index in [1.165, 1.54) is 5.56 Å². The number of hydrogen-bond donors (Lipinski definition) is 2. The van der Waals surface area contributed by atoms with Gasteiger partial charge < -0.3 is 20.4 Å². The summed E-state index contributed by atoms with van der Waals surface area (Å²) in [4.78, 5) is 44.4. The molecule has 0 aromatic heterocycles. The second kappa shape index (κ2) is 12.5. The Hall–Kier alpha value is -3.97. The van der Waals surface area contributed by atoms with Crippen molar-refractivity contribution in [2.45, 2.75) is 44.2 Å². The van der Waals surface area contributed by atoms with Gasteiger partial charge in [0.2, 0.25) is 11.8 Å². The number of benzene rings is 3. The van der Waals surface area contributed by atoms with Crippen LogP contribution in [0.15, 0.2) is 84.9 Å². The number of rotatable bonds is 9. The Labute approximate surface area is 236 Å². The summed E-state index contributed by atoms with van der Waals surface area (Å²) in [7, 11) is 0. The second-order valence-electron chi connectivity index (χ2n) is 10.8. The lowest BCUT2D eigenvalue weighted by molar-refractivity contribution is -0.161. The minimum absolute atomic E-state index is 0.0540. The van der Waals surface area contributed by atoms with Crippen LogP contribution in [0.4, 0.5) is 0 Å². The summed E-state index contributed by atoms with van der Waals surface area (Å²) >= 11 is 0. The van der Waals surface area contributed by atoms with Crippen molar-refractivity contribution in [2.24, 2.45) is 0 Å². The molecule has 3 aromatic carbocycles. The van der Waals surface area contributed by atoms with Gasteiger partial charge in [0.25, 0.3) is 5.91 Å². The van der Waals surface area contributed by atoms with E-state index in [-0.39, 0.29) is 24.3 Å². The van der Waals surface area contributed by atoms with Gasteiger partial charge in [0, 0.05) is 38.3 Å². The maximum Gasteiger partial charge on any atom is 0.251 e. The van der Waals surface area contributed by atoms with Crippen molar-refractivity contribution in [3.05, 3.63) is 96.1 Å². The van der Waals surface area contributed by atoms with E-state index in [1.807, 2.05) is 61.5 Å². The summed E-state index contributed by atoms with van der Waals surface area (Å²) in [5, 5.41) is 5.85. The van der Waals surface area contributed by atoms with E-state index in [1.54, 1.807) is 11.0 Å². The maximum absolute atomic E-state index is 13.7. The molecule has 2 saturated heterocycles. The molecule has 3 aromatic rings. The van der Waals surface area contributed by atoms with Gasteiger partial charge in [-0.1, -0.05) is 79.7 Å². The van der Waals surface area contributed by atoms with Crippen molar-refractivity contribution in [1.29, 1.82) is 0 Å². The summed E-state index contributed by atoms with van der Waals surface area (Å²) in [6, 6.07) is 26.9. The maximum atomic E-state index is 13.7. The highest BCUT2D eigenvalue weighted by molar-refractivity contribution is 6.01. The van der Waals surface area contributed by atoms with Gasteiger partial charge in [0.1, 0.15) is 11.6 Å². The van der Waals surface area contributed by atoms with Crippen LogP contribution < -0.4 is 10.6 Å². The van der Waals surface area contributed by atoms with Crippen LogP contribution in [0.1, 0.15) is 42.1 Å². The zero-order valence-corrected chi connectivity index (χ0v) is 23.1. The van der Waals surface area contributed by atoms with E-state index in [4.69, 9.17) is 0 Å². The second-order valence-corrected chi connectivity index (χ2v) is 10.8. The standard InChI is InChI=1S/C33H38N4O3/c1-2-19-37-31(39)29(24-34-30(38)28-15-9-14-27(23-28)26-12-7-4-8-13-26)35-32(40)33(37)17-21-36(22-18-33)20-16-25-10-5-3-6-11-25/h3-15,23,29H,2,16-22,24H2,1H3,(H,34,38)(H,35,40)/t29-/m0/s1. The fraction of sp³-hybridized carbons (Fsp3) is 0.364. The van der Waals surface area contributed by atoms with Crippen LogP contribution in [0.3, 0.4) is 0 Å². The highest BCUT2D eigenvalue weighted by atomic mass is 16.2. The molecule has 2 heterocycles. The molecule has 2 fully saturated rings. The van der Waals surface area contributed by atoms with Crippen LogP contribution in [0.5, 0.6) is 0 Å². The molecular formula is C33H38N4O3. The number of nitrogens with one attached hydrogen (secondary N) is 2. The molecule has 2 N–H and O–H groups in total. The molecule has 208 valence electrons. The normalized spacial score (nSPS) is 18.9. The van der Waals surface area contributed by atoms with E-state index in [2.05, 4.69) is 39.8 Å². The van der Waals surface area contributed by atoms with Crippen LogP contribution in [0.2, 0.25) is 0 Å². The van der Waals surface area contributed by atoms with Crippen molar-refractivity contribution >= 4 is 17.7 Å². The zero-order valence-electron chi connectivity index (χ0n) is 23.1. The first kappa shape index (κ1) is 27.6. The average Bonchev–Trinajstić information content (AvgIpc) is 3.01. The predicted molar refractivity (Wildman–Crippen MR) is 157 cm³/mol. The van der Waals surface area contributed by atoms with Crippen LogP contribution in [0.25, 0.3) is 11.1 Å². The minimum atomic E-state index is -0.819. The summed E-state index contributed by atoms with van der Waals surface area (Å²) in [5.74, 6) is -0.486. The number of piperidine rings is 1. The first-order valence-electron chi connectivity index (χ1n) is 14.3. The van der Waals surface area contributed by atoms with E-state index in [0.717, 1.165) is 43.6 Å². The number of hydrogen-bond acceptors (Lipinski definition) is 4. The lowest BCUT2D eigenvalue weighted by Crippen LogP contribution is -2.74. The van der Waals surface area contributed by atoms with Crippen LogP contribution in [-0.4, -0.2) is 71.8 Å². The molecule has 0 unspecified atom stereocenters. The highest BCUT2D eigenvalue weighted by Crippen LogP contribution is 2.33. The SMILES string of the molecule is CCCN1C(=O)[C@H](CNC(=O)c2cccc(-c3ccccc3)c2)NC(=O)C12CCN(CCc1ccccc1)CC2. The average molecular weight is 539 g/mol. The molecule has 5 rings (SSSR count). The Balaban J connectivity index is 1.20. The molecule has 0 saturated carbocycles. The van der Waals surface area contributed by atoms with Crippen molar-refractivity contribution in [2.75, 3.05) is 32.7 Å². The van der Waals surface area contributed by atoms with Gasteiger partial charge in [-0.25, -0.2) is 0 Å². The fourth-order valence-corrected chi connectivity index (χ4v) is 5.90. The van der Waals surface area contributed by atoms with Gasteiger partial charge >= 0.3 is 0 Å². The van der Waals surface area contributed by atoms with Crippen LogP contribution in [-0.2, 0) is 16.0 Å². The number of likely N-dealkylation sites (tertiary alicyclic amines) is 1. The molecule has 7 nitrogen and oxygen atoms in total. The lowest BCUT2D eigenvalue weighted by Gasteiger charge is -2.51. The Morgan fingerprint density at radius 3 is 2.27 bits per heavy atom. The molecule has 0 radical (unpaired) electrons. The molecule has 1 atom stereocenters. The molecule has 2 aliphatic heterocycles. The van der Waals surface area contributed by atoms with Crippen LogP contribution >= 0.6 is 0 Å². The smallest absolute Gasteiger partial charge is 0.251 e. The summed E-state index contributed by atoms with van der Waals surface area (Å²) in [6.45, 7) is 5.08. The first-order valence-corrected chi connectivity index (χ1v) is 14.3. The summed E-state index contributed by atoms with van der Waals surface area (Å²) in [6.07, 6.45) is 2.97. The third kappa shape index (κ3) is 5.94. The Kier molecular flexibility index (Phi) is 8.60. The van der Waals surface area contributed by atoms with Crippen molar-refractivity contribution in [1.82, 2.24) is 20.4 Å². The number of amides is 3. The lowest BCUT2D eigenvalue weighted by atomic mass is 9.81. The molecule has 2 aliphatic rings. The van der Waals surface area contributed by atoms with Crippen molar-refractivity contribution in [3.8, 4) is 11.1 Å². The number of nitrogens with zero attached hydrogens (tertiary/aromatic N) is 2. The molecule has 7 heteroatoms. The summed E-state index contributed by atoms with van der Waals surface area (Å²) in [5.41, 5.74) is 2.97. The van der Waals surface area contributed by atoms with Gasteiger partial charge in [0.05, 0.1) is 0 Å². The molecule has 0 bridgehead atoms. The number of carbonyl (C=O) groups is 3. The molecule has 1 spiro atoms. The van der Waals surface area contributed by atoms with Crippen LogP contribution in [0, 0.1) is 0 Å². The third-order valence-electron chi connectivity index (χ3n) is 8.20. The monoisotopic (exact) mass is 538 g/mol. The Bertz CT molecular complexity index is 1320. The van der Waals surface area contributed by atoms with Crippen molar-refractivity contribution in [3.63, 3.8) is 0 Å². The number of piperazine rings is 1. The van der Waals surface area contributed by atoms with E-state index in [9.17, 15) is 14.4 Å². The minimum Gasteiger partial charge on any atom is -0.349 e. The molecule has 3 amide bonds. The predicted octanol–water partition coefficient (Wildman–Crippen LogP) is 3.90. The number of carbonyl (C=O) groups excluding carboxylic acids is 3. The van der Waals surface area contributed by atoms with Gasteiger partial charge in [-0.05, 0) is 54.5 Å². The van der Waals surface area contributed by atoms with E-state index in [0.29, 0.717) is 24.9 Å². The van der Waals surface area contributed by atoms with Gasteiger partial charge in [-0.3, -0.25) is 14.4 Å². The van der Waals surface area contributed by atoms with Gasteiger partial charge in [0.15, 0.2) is 0 Å². The third-order valence-corrected chi connectivity index (χ3v) is 8.20. The van der Waals surface area contributed by atoms with E-state index < -0.39 is 11.6 Å². The van der Waals surface area contributed by atoms with Gasteiger partial charge in [-0.2, -0.15) is 0 Å². The zero-order chi connectivity index (χ0) is 28.0. The van der Waals surface area contributed by atoms with Crippen molar-refractivity contribution < 1.29 is 14.4 Å². The van der Waals surface area contributed by atoms with E-state index >= 15 is 0 Å². The van der Waals surface area contributed by atoms with Gasteiger partial charge in [-0.15, -0.1) is 0 Å². The first-order chi connectivity index (χ1) is 19.5. The highest BCUT2D eigenvalue weighted by Gasteiger charge is 2.53. The quantitative estimate of drug-likeness (QED) is 0.433. The Morgan fingerprint density at radius 2 is 1.57 bits per heavy atom. The molecular weight excluding hydrogens is 500 g/mol. The fourth-order valence-electron chi connectivity index (χ4n) is 5.90. The largest absolute Gasteiger partial charge is 0.349 e.